The van der Waals surface area contributed by atoms with Crippen molar-refractivity contribution in [2.75, 3.05) is 0 Å². The van der Waals surface area contributed by atoms with Crippen molar-refractivity contribution in [3.05, 3.63) is 53.3 Å². The van der Waals surface area contributed by atoms with E-state index in [0.29, 0.717) is 0 Å². The average molecular weight is 244 g/mol. The Morgan fingerprint density at radius 2 is 2.17 bits per heavy atom. The van der Waals surface area contributed by atoms with Crippen LogP contribution in [0.1, 0.15) is 29.7 Å². The van der Waals surface area contributed by atoms with Gasteiger partial charge in [-0.1, -0.05) is 24.3 Å². The van der Waals surface area contributed by atoms with Crippen LogP contribution in [0.5, 0.6) is 0 Å². The van der Waals surface area contributed by atoms with E-state index in [4.69, 9.17) is 5.84 Å². The molecule has 0 radical (unpaired) electrons. The number of rotatable bonds is 5. The molecular weight excluding hydrogens is 224 g/mol. The lowest BCUT2D eigenvalue weighted by Gasteiger charge is -2.17. The van der Waals surface area contributed by atoms with Crippen molar-refractivity contribution in [3.8, 4) is 0 Å². The summed E-state index contributed by atoms with van der Waals surface area (Å²) in [6.45, 7) is 5.08. The van der Waals surface area contributed by atoms with Crippen molar-refractivity contribution in [2.45, 2.75) is 32.9 Å². The molecule has 0 spiro atoms. The number of aromatic nitrogens is 2. The van der Waals surface area contributed by atoms with Crippen LogP contribution in [0, 0.1) is 6.92 Å². The molecule has 0 aliphatic carbocycles. The monoisotopic (exact) mass is 244 g/mol. The predicted molar refractivity (Wildman–Crippen MR) is 72.8 cm³/mol. The predicted octanol–water partition coefficient (Wildman–Crippen LogP) is 1.96. The van der Waals surface area contributed by atoms with Gasteiger partial charge in [-0.05, 0) is 37.0 Å². The smallest absolute Gasteiger partial charge is 0.0522 e. The van der Waals surface area contributed by atoms with Crippen molar-refractivity contribution in [2.24, 2.45) is 5.84 Å². The van der Waals surface area contributed by atoms with Crippen molar-refractivity contribution < 1.29 is 0 Å². The van der Waals surface area contributed by atoms with E-state index in [1.54, 1.807) is 0 Å². The Balaban J connectivity index is 2.17. The van der Waals surface area contributed by atoms with Crippen molar-refractivity contribution >= 4 is 0 Å². The highest BCUT2D eigenvalue weighted by atomic mass is 15.3. The average Bonchev–Trinajstić information content (AvgIpc) is 2.85. The van der Waals surface area contributed by atoms with E-state index >= 15 is 0 Å². The Morgan fingerprint density at radius 1 is 1.39 bits per heavy atom. The molecule has 0 aliphatic rings. The Hall–Kier alpha value is -1.65. The zero-order valence-electron chi connectivity index (χ0n) is 10.9. The van der Waals surface area contributed by atoms with Crippen LogP contribution in [-0.4, -0.2) is 9.78 Å². The zero-order valence-corrected chi connectivity index (χ0v) is 10.9. The molecule has 1 aromatic heterocycles. The maximum atomic E-state index is 5.68. The topological polar surface area (TPSA) is 55.9 Å². The zero-order chi connectivity index (χ0) is 13.0. The molecule has 1 heterocycles. The van der Waals surface area contributed by atoms with Crippen molar-refractivity contribution in [3.63, 3.8) is 0 Å². The van der Waals surface area contributed by atoms with Crippen LogP contribution in [-0.2, 0) is 13.0 Å². The minimum atomic E-state index is 0.126. The van der Waals surface area contributed by atoms with Gasteiger partial charge >= 0.3 is 0 Å². The molecule has 2 rings (SSSR count). The van der Waals surface area contributed by atoms with Gasteiger partial charge in [-0.3, -0.25) is 16.0 Å². The molecule has 3 N–H and O–H groups in total. The van der Waals surface area contributed by atoms with Gasteiger partial charge in [0.05, 0.1) is 12.2 Å². The number of benzene rings is 1. The molecule has 1 atom stereocenters. The second kappa shape index (κ2) is 5.80. The summed E-state index contributed by atoms with van der Waals surface area (Å²) in [5.41, 5.74) is 6.59. The Kier molecular flexibility index (Phi) is 4.12. The fourth-order valence-electron chi connectivity index (χ4n) is 2.16. The van der Waals surface area contributed by atoms with E-state index < -0.39 is 0 Å². The van der Waals surface area contributed by atoms with E-state index in [2.05, 4.69) is 42.7 Å². The minimum absolute atomic E-state index is 0.126. The lowest BCUT2D eigenvalue weighted by Crippen LogP contribution is -2.30. The molecule has 18 heavy (non-hydrogen) atoms. The standard InChI is InChI=1S/C14H20N4/c1-3-18-10-12(9-16-18)8-14(17-15)13-7-5-4-6-11(13)2/h4-7,9-10,14,17H,3,8,15H2,1-2H3. The van der Waals surface area contributed by atoms with E-state index in [0.717, 1.165) is 13.0 Å². The normalized spacial score (nSPS) is 12.6. The molecule has 0 bridgehead atoms. The minimum Gasteiger partial charge on any atom is -0.273 e. The fourth-order valence-corrected chi connectivity index (χ4v) is 2.16. The summed E-state index contributed by atoms with van der Waals surface area (Å²) in [7, 11) is 0. The van der Waals surface area contributed by atoms with Crippen LogP contribution in [0.25, 0.3) is 0 Å². The number of nitrogens with zero attached hydrogens (tertiary/aromatic N) is 2. The summed E-state index contributed by atoms with van der Waals surface area (Å²) >= 11 is 0. The third-order valence-corrected chi connectivity index (χ3v) is 3.22. The first-order chi connectivity index (χ1) is 8.74. The van der Waals surface area contributed by atoms with Crippen LogP contribution in [0.4, 0.5) is 0 Å². The van der Waals surface area contributed by atoms with Gasteiger partial charge < -0.3 is 0 Å². The molecule has 0 saturated carbocycles. The molecule has 4 heteroatoms. The van der Waals surface area contributed by atoms with Gasteiger partial charge in [0, 0.05) is 12.7 Å². The molecule has 1 aromatic carbocycles. The number of nitrogens with one attached hydrogen (secondary N) is 1. The highest BCUT2D eigenvalue weighted by molar-refractivity contribution is 5.29. The maximum Gasteiger partial charge on any atom is 0.0522 e. The third-order valence-electron chi connectivity index (χ3n) is 3.22. The summed E-state index contributed by atoms with van der Waals surface area (Å²) in [4.78, 5) is 0. The van der Waals surface area contributed by atoms with Crippen molar-refractivity contribution in [1.29, 1.82) is 0 Å². The summed E-state index contributed by atoms with van der Waals surface area (Å²) < 4.78 is 1.93. The first kappa shape index (κ1) is 12.8. The first-order valence-electron chi connectivity index (χ1n) is 6.27. The van der Waals surface area contributed by atoms with Gasteiger partial charge in [0.25, 0.3) is 0 Å². The molecular formula is C14H20N4. The van der Waals surface area contributed by atoms with Gasteiger partial charge in [0.1, 0.15) is 0 Å². The van der Waals surface area contributed by atoms with Crippen LogP contribution in [0.15, 0.2) is 36.7 Å². The summed E-state index contributed by atoms with van der Waals surface area (Å²) in [6, 6.07) is 8.43. The van der Waals surface area contributed by atoms with E-state index in [1.807, 2.05) is 23.0 Å². The second-order valence-corrected chi connectivity index (χ2v) is 4.48. The van der Waals surface area contributed by atoms with Gasteiger partial charge in [0.15, 0.2) is 0 Å². The molecule has 0 fully saturated rings. The van der Waals surface area contributed by atoms with E-state index in [9.17, 15) is 0 Å². The van der Waals surface area contributed by atoms with Gasteiger partial charge in [0.2, 0.25) is 0 Å². The van der Waals surface area contributed by atoms with Crippen LogP contribution >= 0.6 is 0 Å². The summed E-state index contributed by atoms with van der Waals surface area (Å²) in [6.07, 6.45) is 4.83. The van der Waals surface area contributed by atoms with Crippen LogP contribution in [0.3, 0.4) is 0 Å². The molecule has 0 aliphatic heterocycles. The van der Waals surface area contributed by atoms with E-state index in [1.165, 1.54) is 16.7 Å². The largest absolute Gasteiger partial charge is 0.273 e. The molecule has 0 saturated heterocycles. The van der Waals surface area contributed by atoms with Gasteiger partial charge in [-0.2, -0.15) is 5.10 Å². The first-order valence-corrected chi connectivity index (χ1v) is 6.27. The Bertz CT molecular complexity index is 504. The van der Waals surface area contributed by atoms with Crippen LogP contribution in [0.2, 0.25) is 0 Å². The number of hydrazine groups is 1. The van der Waals surface area contributed by atoms with Crippen LogP contribution < -0.4 is 11.3 Å². The maximum absolute atomic E-state index is 5.68. The third kappa shape index (κ3) is 2.78. The molecule has 4 nitrogen and oxygen atoms in total. The Labute approximate surface area is 108 Å². The highest BCUT2D eigenvalue weighted by Crippen LogP contribution is 2.20. The summed E-state index contributed by atoms with van der Waals surface area (Å²) in [5.74, 6) is 5.68. The Morgan fingerprint density at radius 3 is 2.78 bits per heavy atom. The molecule has 1 unspecified atom stereocenters. The highest BCUT2D eigenvalue weighted by Gasteiger charge is 2.13. The molecule has 2 aromatic rings. The molecule has 0 amide bonds. The lowest BCUT2D eigenvalue weighted by atomic mass is 9.97. The second-order valence-electron chi connectivity index (χ2n) is 4.48. The quantitative estimate of drug-likeness (QED) is 0.624. The van der Waals surface area contributed by atoms with E-state index in [-0.39, 0.29) is 6.04 Å². The number of hydrogen-bond acceptors (Lipinski definition) is 3. The number of hydrogen-bond donors (Lipinski definition) is 2. The van der Waals surface area contributed by atoms with Gasteiger partial charge in [-0.25, -0.2) is 0 Å². The fraction of sp³-hybridized carbons (Fsp3) is 0.357. The van der Waals surface area contributed by atoms with Gasteiger partial charge in [-0.15, -0.1) is 0 Å². The van der Waals surface area contributed by atoms with Crippen molar-refractivity contribution in [1.82, 2.24) is 15.2 Å². The molecule has 96 valence electrons. The SMILES string of the molecule is CCn1cc(CC(NN)c2ccccc2C)cn1. The summed E-state index contributed by atoms with van der Waals surface area (Å²) in [5, 5.41) is 4.29. The lowest BCUT2D eigenvalue weighted by molar-refractivity contribution is 0.549. The number of aryl methyl sites for hydroxylation is 2. The number of nitrogens with two attached hydrogens (primary N) is 1.